The fourth-order valence-electron chi connectivity index (χ4n) is 5.10. The maximum Gasteiger partial charge on any atom is 0.270 e. The molecule has 0 radical (unpaired) electrons. The Balaban J connectivity index is 1.46. The number of nitro benzene ring substituents is 1. The summed E-state index contributed by atoms with van der Waals surface area (Å²) in [6.07, 6.45) is 5.97. The van der Waals surface area contributed by atoms with Crippen molar-refractivity contribution in [3.63, 3.8) is 0 Å². The highest BCUT2D eigenvalue weighted by Crippen LogP contribution is 2.32. The van der Waals surface area contributed by atoms with Crippen LogP contribution >= 0.6 is 0 Å². The summed E-state index contributed by atoms with van der Waals surface area (Å²) in [4.78, 5) is 25.3. The fourth-order valence-corrected chi connectivity index (χ4v) is 6.57. The van der Waals surface area contributed by atoms with Crippen LogP contribution in [-0.4, -0.2) is 59.2 Å². The summed E-state index contributed by atoms with van der Waals surface area (Å²) < 4.78 is 29.6. The van der Waals surface area contributed by atoms with E-state index >= 15 is 0 Å². The Morgan fingerprint density at radius 2 is 1.70 bits per heavy atom. The van der Waals surface area contributed by atoms with Gasteiger partial charge in [0, 0.05) is 55.7 Å². The largest absolute Gasteiger partial charge is 0.345 e. The molecule has 2 fully saturated rings. The molecule has 1 saturated carbocycles. The number of non-ortho nitro benzene ring substituents is 1. The summed E-state index contributed by atoms with van der Waals surface area (Å²) in [6, 6.07) is 7.47. The fraction of sp³-hybridized carbons (Fsp3) is 0.522. The number of hydrogen-bond acceptors (Lipinski definition) is 5. The highest BCUT2D eigenvalue weighted by atomic mass is 32.2. The van der Waals surface area contributed by atoms with E-state index in [1.165, 1.54) is 41.8 Å². The van der Waals surface area contributed by atoms with Gasteiger partial charge in [0.1, 0.15) is 0 Å². The minimum atomic E-state index is -3.87. The molecule has 0 unspecified atom stereocenters. The van der Waals surface area contributed by atoms with Crippen molar-refractivity contribution in [2.24, 2.45) is 0 Å². The van der Waals surface area contributed by atoms with Crippen molar-refractivity contribution < 1.29 is 18.1 Å². The monoisotopic (exact) mass is 474 g/mol. The molecule has 10 heteroatoms. The van der Waals surface area contributed by atoms with Crippen LogP contribution in [0, 0.1) is 24.0 Å². The summed E-state index contributed by atoms with van der Waals surface area (Å²) in [5.41, 5.74) is 2.50. The first-order valence-corrected chi connectivity index (χ1v) is 12.9. The molecule has 0 spiro atoms. The van der Waals surface area contributed by atoms with Gasteiger partial charge in [-0.3, -0.25) is 14.9 Å². The van der Waals surface area contributed by atoms with Crippen molar-refractivity contribution in [2.45, 2.75) is 56.9 Å². The third kappa shape index (κ3) is 4.54. The van der Waals surface area contributed by atoms with Gasteiger partial charge in [-0.25, -0.2) is 8.42 Å². The van der Waals surface area contributed by atoms with E-state index in [1.807, 2.05) is 19.9 Å². The summed E-state index contributed by atoms with van der Waals surface area (Å²) in [5.74, 6) is -0.0717. The molecule has 1 aliphatic carbocycles. The molecule has 9 nitrogen and oxygen atoms in total. The number of aromatic nitrogens is 1. The lowest BCUT2D eigenvalue weighted by Gasteiger charge is -2.34. The first-order valence-electron chi connectivity index (χ1n) is 11.4. The Hall–Kier alpha value is -2.72. The average Bonchev–Trinajstić information content (AvgIpc) is 3.13. The molecule has 1 aromatic heterocycles. The number of amides is 1. The molecule has 1 saturated heterocycles. The van der Waals surface area contributed by atoms with Crippen LogP contribution < -0.4 is 0 Å². The Kier molecular flexibility index (Phi) is 6.58. The number of nitro groups is 1. The number of hydrogen-bond donors (Lipinski definition) is 0. The average molecular weight is 475 g/mol. The van der Waals surface area contributed by atoms with Gasteiger partial charge in [0.2, 0.25) is 10.0 Å². The van der Waals surface area contributed by atoms with E-state index in [0.717, 1.165) is 30.3 Å². The molecule has 2 heterocycles. The van der Waals surface area contributed by atoms with Gasteiger partial charge in [-0.2, -0.15) is 4.31 Å². The summed E-state index contributed by atoms with van der Waals surface area (Å²) in [5, 5.41) is 11.0. The number of aryl methyl sites for hydroxylation is 1. The molecule has 2 aliphatic rings. The van der Waals surface area contributed by atoms with Crippen LogP contribution in [0.5, 0.6) is 0 Å². The zero-order valence-corrected chi connectivity index (χ0v) is 19.9. The van der Waals surface area contributed by atoms with Gasteiger partial charge in [0.05, 0.1) is 15.4 Å². The molecule has 2 aromatic rings. The van der Waals surface area contributed by atoms with Crippen molar-refractivity contribution in [2.75, 3.05) is 26.2 Å². The summed E-state index contributed by atoms with van der Waals surface area (Å²) in [6.45, 7) is 4.90. The Bertz CT molecular complexity index is 1160. The smallest absolute Gasteiger partial charge is 0.270 e. The minimum absolute atomic E-state index is 0.0717. The van der Waals surface area contributed by atoms with Crippen molar-refractivity contribution >= 4 is 21.6 Å². The van der Waals surface area contributed by atoms with Crippen LogP contribution in [0.1, 0.15) is 59.9 Å². The Labute approximate surface area is 194 Å². The Morgan fingerprint density at radius 3 is 2.33 bits per heavy atom. The Morgan fingerprint density at radius 1 is 1.03 bits per heavy atom. The first-order chi connectivity index (χ1) is 15.7. The summed E-state index contributed by atoms with van der Waals surface area (Å²) >= 11 is 0. The van der Waals surface area contributed by atoms with Crippen LogP contribution in [0.3, 0.4) is 0 Å². The third-order valence-electron chi connectivity index (χ3n) is 6.85. The molecule has 33 heavy (non-hydrogen) atoms. The highest BCUT2D eigenvalue weighted by Gasteiger charge is 2.32. The van der Waals surface area contributed by atoms with E-state index in [4.69, 9.17) is 0 Å². The second kappa shape index (κ2) is 9.26. The van der Waals surface area contributed by atoms with Gasteiger partial charge < -0.3 is 9.47 Å². The molecule has 0 N–H and O–H groups in total. The SMILES string of the molecule is Cc1cc(C(=O)N2CCN(S(=O)(=O)c3cccc([N+](=O)[O-])c3)CC2)c(C)n1C1CCCCC1. The standard InChI is InChI=1S/C23H30N4O5S/c1-17-15-22(18(2)26(17)19-7-4-3-5-8-19)23(28)24-11-13-25(14-12-24)33(31,32)21-10-6-9-20(16-21)27(29)30/h6,9-10,15-16,19H,3-5,7-8,11-14H2,1-2H3. The van der Waals surface area contributed by atoms with E-state index in [9.17, 15) is 23.3 Å². The van der Waals surface area contributed by atoms with E-state index < -0.39 is 14.9 Å². The molecular formula is C23H30N4O5S. The van der Waals surface area contributed by atoms with Crippen LogP contribution in [-0.2, 0) is 10.0 Å². The molecule has 1 aromatic carbocycles. The van der Waals surface area contributed by atoms with E-state index in [0.29, 0.717) is 11.6 Å². The lowest BCUT2D eigenvalue weighted by atomic mass is 9.95. The molecule has 1 amide bonds. The van der Waals surface area contributed by atoms with Gasteiger partial charge in [-0.05, 0) is 38.8 Å². The van der Waals surface area contributed by atoms with Crippen molar-refractivity contribution in [1.82, 2.24) is 13.8 Å². The minimum Gasteiger partial charge on any atom is -0.345 e. The predicted octanol–water partition coefficient (Wildman–Crippen LogP) is 3.67. The number of sulfonamides is 1. The van der Waals surface area contributed by atoms with E-state index in [2.05, 4.69) is 4.57 Å². The van der Waals surface area contributed by atoms with Crippen molar-refractivity contribution in [1.29, 1.82) is 0 Å². The van der Waals surface area contributed by atoms with Crippen LogP contribution in [0.4, 0.5) is 5.69 Å². The summed E-state index contributed by atoms with van der Waals surface area (Å²) in [7, 11) is -3.87. The molecule has 1 aliphatic heterocycles. The van der Waals surface area contributed by atoms with Gasteiger partial charge in [-0.15, -0.1) is 0 Å². The zero-order chi connectivity index (χ0) is 23.8. The lowest BCUT2D eigenvalue weighted by molar-refractivity contribution is -0.385. The van der Waals surface area contributed by atoms with Gasteiger partial charge in [-0.1, -0.05) is 25.3 Å². The molecule has 0 atom stereocenters. The number of rotatable bonds is 5. The maximum absolute atomic E-state index is 13.3. The first kappa shape index (κ1) is 23.4. The second-order valence-electron chi connectivity index (χ2n) is 8.90. The van der Waals surface area contributed by atoms with Crippen molar-refractivity contribution in [3.05, 3.63) is 57.4 Å². The topological polar surface area (TPSA) is 106 Å². The van der Waals surface area contributed by atoms with Gasteiger partial charge >= 0.3 is 0 Å². The third-order valence-corrected chi connectivity index (χ3v) is 8.74. The highest BCUT2D eigenvalue weighted by molar-refractivity contribution is 7.89. The molecule has 0 bridgehead atoms. The van der Waals surface area contributed by atoms with E-state index in [1.54, 1.807) is 4.90 Å². The van der Waals surface area contributed by atoms with Crippen LogP contribution in [0.15, 0.2) is 35.2 Å². The number of piperazine rings is 1. The maximum atomic E-state index is 13.3. The molecular weight excluding hydrogens is 444 g/mol. The zero-order valence-electron chi connectivity index (χ0n) is 19.1. The number of carbonyl (C=O) groups is 1. The number of nitrogens with zero attached hydrogens (tertiary/aromatic N) is 4. The van der Waals surface area contributed by atoms with E-state index in [-0.39, 0.29) is 42.7 Å². The van der Waals surface area contributed by atoms with Crippen molar-refractivity contribution in [3.8, 4) is 0 Å². The lowest BCUT2D eigenvalue weighted by Crippen LogP contribution is -2.50. The molecule has 178 valence electrons. The molecule has 4 rings (SSSR count). The van der Waals surface area contributed by atoms with Crippen LogP contribution in [0.25, 0.3) is 0 Å². The van der Waals surface area contributed by atoms with Crippen LogP contribution in [0.2, 0.25) is 0 Å². The quantitative estimate of drug-likeness (QED) is 0.486. The number of benzene rings is 1. The number of carbonyl (C=O) groups excluding carboxylic acids is 1. The van der Waals surface area contributed by atoms with Gasteiger partial charge in [0.25, 0.3) is 11.6 Å². The predicted molar refractivity (Wildman–Crippen MR) is 124 cm³/mol. The second-order valence-corrected chi connectivity index (χ2v) is 10.8. The normalized spacial score (nSPS) is 18.4. The van der Waals surface area contributed by atoms with Gasteiger partial charge in [0.15, 0.2) is 0 Å².